The van der Waals surface area contributed by atoms with Gasteiger partial charge in [-0.25, -0.2) is 14.4 Å². The molecule has 6 N–H and O–H groups in total. The van der Waals surface area contributed by atoms with Crippen LogP contribution in [0.15, 0.2) is 11.3 Å². The van der Waals surface area contributed by atoms with Crippen LogP contribution in [0.2, 0.25) is 0 Å². The van der Waals surface area contributed by atoms with Gasteiger partial charge in [-0.15, -0.1) is 0 Å². The summed E-state index contributed by atoms with van der Waals surface area (Å²) in [7, 11) is 0. The summed E-state index contributed by atoms with van der Waals surface area (Å²) in [5.74, 6) is -0.841. The zero-order chi connectivity index (χ0) is 27.1. The lowest BCUT2D eigenvalue weighted by molar-refractivity contribution is -0.145. The first-order valence-electron chi connectivity index (χ1n) is 11.1. The quantitative estimate of drug-likeness (QED) is 0.214. The number of aldehydes is 1. The third-order valence-electron chi connectivity index (χ3n) is 3.71. The predicted octanol–water partition coefficient (Wildman–Crippen LogP) is 1.84. The van der Waals surface area contributed by atoms with Gasteiger partial charge in [-0.3, -0.25) is 9.59 Å². The number of esters is 2. The Morgan fingerprint density at radius 3 is 1.82 bits per heavy atom. The Morgan fingerprint density at radius 1 is 0.971 bits per heavy atom. The number of carbonyl (C=O) groups excluding carboxylic acids is 6. The first-order valence-corrected chi connectivity index (χ1v) is 11.1. The number of rotatable bonds is 9. The first kappa shape index (κ1) is 35.2. The van der Waals surface area contributed by atoms with Crippen LogP contribution in [-0.2, 0) is 28.7 Å². The summed E-state index contributed by atoms with van der Waals surface area (Å²) in [5, 5.41) is 5.36. The molecule has 1 atom stereocenters. The van der Waals surface area contributed by atoms with Gasteiger partial charge >= 0.3 is 24.0 Å². The third-order valence-corrected chi connectivity index (χ3v) is 3.71. The van der Waals surface area contributed by atoms with Crippen molar-refractivity contribution in [1.82, 2.24) is 10.6 Å². The van der Waals surface area contributed by atoms with Crippen LogP contribution in [0.5, 0.6) is 0 Å². The second-order valence-electron chi connectivity index (χ2n) is 6.38. The zero-order valence-electron chi connectivity index (χ0n) is 21.0. The molecular formula is C22H40N4O8. The van der Waals surface area contributed by atoms with E-state index >= 15 is 0 Å². The van der Waals surface area contributed by atoms with Crippen molar-refractivity contribution >= 4 is 36.1 Å². The number of nitrogens with one attached hydrogen (secondary N) is 2. The van der Waals surface area contributed by atoms with E-state index < -0.39 is 12.0 Å². The van der Waals surface area contributed by atoms with Crippen LogP contribution in [0, 0.1) is 0 Å². The van der Waals surface area contributed by atoms with Crippen molar-refractivity contribution in [1.29, 1.82) is 0 Å². The number of urea groups is 2. The molecule has 1 unspecified atom stereocenters. The average molecular weight is 489 g/mol. The largest absolute Gasteiger partial charge is 0.466 e. The smallest absolute Gasteiger partial charge is 0.337 e. The van der Waals surface area contributed by atoms with Crippen molar-refractivity contribution in [3.63, 3.8) is 0 Å². The molecule has 1 rings (SSSR count). The van der Waals surface area contributed by atoms with Gasteiger partial charge < -0.3 is 36.4 Å². The second-order valence-corrected chi connectivity index (χ2v) is 6.38. The minimum Gasteiger partial charge on any atom is -0.466 e. The van der Waals surface area contributed by atoms with Gasteiger partial charge in [-0.05, 0) is 26.7 Å². The number of allylic oxidation sites excluding steroid dienone is 1. The molecule has 0 bridgehead atoms. The molecule has 0 saturated heterocycles. The molecule has 0 aromatic carbocycles. The van der Waals surface area contributed by atoms with E-state index in [0.717, 1.165) is 6.29 Å². The molecular weight excluding hydrogens is 448 g/mol. The Labute approximate surface area is 201 Å². The molecule has 0 fully saturated rings. The number of Topliss-reactive ketones (excluding diaryl/α,β-unsaturated/α-hetero) is 1. The van der Waals surface area contributed by atoms with E-state index in [1.54, 1.807) is 20.8 Å². The van der Waals surface area contributed by atoms with Gasteiger partial charge in [0.15, 0.2) is 0 Å². The van der Waals surface area contributed by atoms with Gasteiger partial charge in [0.25, 0.3) is 0 Å². The fourth-order valence-corrected chi connectivity index (χ4v) is 2.24. The molecule has 0 saturated carbocycles. The zero-order valence-corrected chi connectivity index (χ0v) is 21.0. The van der Waals surface area contributed by atoms with E-state index in [9.17, 15) is 24.0 Å². The maximum atomic E-state index is 11.8. The minimum atomic E-state index is -0.833. The van der Waals surface area contributed by atoms with E-state index in [1.807, 2.05) is 20.8 Å². The first-order chi connectivity index (χ1) is 16.0. The molecule has 4 amide bonds. The van der Waals surface area contributed by atoms with E-state index in [0.29, 0.717) is 50.2 Å². The molecule has 0 spiro atoms. The van der Waals surface area contributed by atoms with Crippen molar-refractivity contribution in [2.24, 2.45) is 11.5 Å². The van der Waals surface area contributed by atoms with Crippen molar-refractivity contribution in [2.75, 3.05) is 13.2 Å². The molecule has 1 aliphatic heterocycles. The number of amides is 4. The van der Waals surface area contributed by atoms with Gasteiger partial charge in [0, 0.05) is 18.5 Å². The molecule has 1 aliphatic rings. The molecule has 0 radical (unpaired) electrons. The van der Waals surface area contributed by atoms with Gasteiger partial charge in [0.1, 0.15) is 18.5 Å². The van der Waals surface area contributed by atoms with E-state index in [2.05, 4.69) is 26.8 Å². The summed E-state index contributed by atoms with van der Waals surface area (Å²) in [6.07, 6.45) is 3.12. The SMILES string of the molecule is CCC=O.CCOC(=O)C1=C(CC)NC(=O)NC1CC.CCOC(=O)CC(=O)CC.NC(N)=O. The van der Waals surface area contributed by atoms with Crippen molar-refractivity contribution in [3.05, 3.63) is 11.3 Å². The molecule has 196 valence electrons. The molecule has 0 aromatic rings. The molecule has 12 nitrogen and oxygen atoms in total. The molecule has 0 aliphatic carbocycles. The monoisotopic (exact) mass is 488 g/mol. The van der Waals surface area contributed by atoms with Crippen molar-refractivity contribution in [3.8, 4) is 0 Å². The van der Waals surface area contributed by atoms with E-state index in [1.165, 1.54) is 0 Å². The number of nitrogens with two attached hydrogens (primary N) is 2. The topological polar surface area (TPSA) is 197 Å². The lowest BCUT2D eigenvalue weighted by Crippen LogP contribution is -2.50. The Bertz CT molecular complexity index is 688. The van der Waals surface area contributed by atoms with Crippen LogP contribution >= 0.6 is 0 Å². The van der Waals surface area contributed by atoms with Crippen molar-refractivity contribution < 1.29 is 38.2 Å². The van der Waals surface area contributed by atoms with Gasteiger partial charge in [-0.1, -0.05) is 27.7 Å². The van der Waals surface area contributed by atoms with Crippen LogP contribution in [0.3, 0.4) is 0 Å². The second kappa shape index (κ2) is 22.7. The van der Waals surface area contributed by atoms with E-state index in [4.69, 9.17) is 9.53 Å². The lowest BCUT2D eigenvalue weighted by Gasteiger charge is -2.27. The number of ketones is 1. The summed E-state index contributed by atoms with van der Waals surface area (Å²) >= 11 is 0. The fourth-order valence-electron chi connectivity index (χ4n) is 2.24. The fraction of sp³-hybridized carbons (Fsp3) is 0.636. The van der Waals surface area contributed by atoms with Crippen LogP contribution < -0.4 is 22.1 Å². The highest BCUT2D eigenvalue weighted by molar-refractivity contribution is 5.95. The number of hydrogen-bond donors (Lipinski definition) is 4. The maximum Gasteiger partial charge on any atom is 0.337 e. The average Bonchev–Trinajstić information content (AvgIpc) is 2.78. The Hall–Kier alpha value is -3.44. The molecule has 1 heterocycles. The third kappa shape index (κ3) is 19.3. The Balaban J connectivity index is -0.000000454. The Morgan fingerprint density at radius 2 is 1.47 bits per heavy atom. The highest BCUT2D eigenvalue weighted by Gasteiger charge is 2.30. The number of hydrogen-bond acceptors (Lipinski definition) is 8. The van der Waals surface area contributed by atoms with Gasteiger partial charge in [-0.2, -0.15) is 0 Å². The van der Waals surface area contributed by atoms with Crippen LogP contribution in [0.4, 0.5) is 9.59 Å². The lowest BCUT2D eigenvalue weighted by atomic mass is 9.99. The summed E-state index contributed by atoms with van der Waals surface area (Å²) in [5.41, 5.74) is 9.71. The van der Waals surface area contributed by atoms with Gasteiger partial charge in [0.05, 0.1) is 24.8 Å². The normalized spacial score (nSPS) is 13.6. The number of ether oxygens (including phenoxy) is 2. The maximum absolute atomic E-state index is 11.8. The highest BCUT2D eigenvalue weighted by atomic mass is 16.5. The number of carbonyl (C=O) groups is 6. The summed E-state index contributed by atoms with van der Waals surface area (Å²) in [6.45, 7) is 11.5. The Kier molecular flexibility index (Phi) is 23.5. The van der Waals surface area contributed by atoms with Crippen LogP contribution in [-0.4, -0.2) is 55.3 Å². The number of primary amides is 2. The summed E-state index contributed by atoms with van der Waals surface area (Å²) < 4.78 is 9.55. The molecule has 12 heteroatoms. The predicted molar refractivity (Wildman–Crippen MR) is 126 cm³/mol. The summed E-state index contributed by atoms with van der Waals surface area (Å²) in [4.78, 5) is 62.4. The van der Waals surface area contributed by atoms with Crippen LogP contribution in [0.25, 0.3) is 0 Å². The van der Waals surface area contributed by atoms with Crippen molar-refractivity contribution in [2.45, 2.75) is 79.7 Å². The van der Waals surface area contributed by atoms with E-state index in [-0.39, 0.29) is 30.2 Å². The van der Waals surface area contributed by atoms with Crippen LogP contribution in [0.1, 0.15) is 73.6 Å². The minimum absolute atomic E-state index is 0.0709. The highest BCUT2D eigenvalue weighted by Crippen LogP contribution is 2.18. The van der Waals surface area contributed by atoms with Gasteiger partial charge in [0.2, 0.25) is 0 Å². The standard InChI is InChI=1S/C11H18N2O3.C7H12O3.C3H6O.CH4N2O/c1-4-7-9(10(14)16-6-3)8(5-2)13-11(15)12-7;1-3-6(8)5-7(9)10-4-2;1-2-3-4;2-1(3)4/h7H,4-6H2,1-3H3,(H2,12,13,15);3-5H2,1-2H3;3H,2H2,1H3;(H4,2,3,4). The molecule has 34 heavy (non-hydrogen) atoms. The molecule has 0 aromatic heterocycles. The summed E-state index contributed by atoms with van der Waals surface area (Å²) in [6, 6.07) is -1.33.